The second kappa shape index (κ2) is 5.57. The average molecular weight is 291 g/mol. The summed E-state index contributed by atoms with van der Waals surface area (Å²) >= 11 is 0. The number of ether oxygens (including phenoxy) is 2. The molecule has 1 fully saturated rings. The summed E-state index contributed by atoms with van der Waals surface area (Å²) in [4.78, 5) is 8.45. The minimum absolute atomic E-state index is 0.00304. The Morgan fingerprint density at radius 3 is 2.52 bits per heavy atom. The fourth-order valence-corrected chi connectivity index (χ4v) is 2.42. The SMILES string of the molecule is COc1cc(OC)nc(N[C@H]2C[C@@H](O)[C@@H]2n2cccn2)n1. The van der Waals surface area contributed by atoms with Crippen molar-refractivity contribution in [3.63, 3.8) is 0 Å². The summed E-state index contributed by atoms with van der Waals surface area (Å²) in [6.45, 7) is 0. The Kier molecular flexibility index (Phi) is 3.61. The molecule has 8 nitrogen and oxygen atoms in total. The van der Waals surface area contributed by atoms with Crippen molar-refractivity contribution in [2.45, 2.75) is 24.6 Å². The van der Waals surface area contributed by atoms with E-state index in [1.54, 1.807) is 16.9 Å². The van der Waals surface area contributed by atoms with Crippen LogP contribution in [0.1, 0.15) is 12.5 Å². The van der Waals surface area contributed by atoms with E-state index >= 15 is 0 Å². The van der Waals surface area contributed by atoms with E-state index in [-0.39, 0.29) is 12.1 Å². The van der Waals surface area contributed by atoms with Crippen LogP contribution in [0.2, 0.25) is 0 Å². The van der Waals surface area contributed by atoms with Gasteiger partial charge in [0, 0.05) is 12.4 Å². The Morgan fingerprint density at radius 1 is 1.29 bits per heavy atom. The number of nitrogens with zero attached hydrogens (tertiary/aromatic N) is 4. The zero-order valence-corrected chi connectivity index (χ0v) is 11.8. The van der Waals surface area contributed by atoms with Gasteiger partial charge in [0.15, 0.2) is 0 Å². The molecule has 0 saturated heterocycles. The van der Waals surface area contributed by atoms with Gasteiger partial charge in [-0.05, 0) is 12.5 Å². The van der Waals surface area contributed by atoms with Crippen LogP contribution in [0.3, 0.4) is 0 Å². The molecule has 21 heavy (non-hydrogen) atoms. The third kappa shape index (κ3) is 2.62. The normalized spacial score (nSPS) is 24.2. The van der Waals surface area contributed by atoms with Crippen LogP contribution in [0.15, 0.2) is 24.5 Å². The molecule has 0 amide bonds. The summed E-state index contributed by atoms with van der Waals surface area (Å²) in [6.07, 6.45) is 3.69. The summed E-state index contributed by atoms with van der Waals surface area (Å²) < 4.78 is 12.0. The summed E-state index contributed by atoms with van der Waals surface area (Å²) in [7, 11) is 3.07. The van der Waals surface area contributed by atoms with Crippen LogP contribution in [0.5, 0.6) is 11.8 Å². The number of aromatic nitrogens is 4. The molecular formula is C13H17N5O3. The van der Waals surface area contributed by atoms with Crippen molar-refractivity contribution in [2.24, 2.45) is 0 Å². The lowest BCUT2D eigenvalue weighted by Gasteiger charge is -2.41. The first-order valence-corrected chi connectivity index (χ1v) is 6.62. The highest BCUT2D eigenvalue weighted by Crippen LogP contribution is 2.34. The van der Waals surface area contributed by atoms with Gasteiger partial charge in [0.2, 0.25) is 17.7 Å². The monoisotopic (exact) mass is 291 g/mol. The van der Waals surface area contributed by atoms with Crippen molar-refractivity contribution < 1.29 is 14.6 Å². The smallest absolute Gasteiger partial charge is 0.229 e. The second-order valence-corrected chi connectivity index (χ2v) is 4.81. The summed E-state index contributed by atoms with van der Waals surface area (Å²) in [5.74, 6) is 1.24. The van der Waals surface area contributed by atoms with Gasteiger partial charge >= 0.3 is 0 Å². The number of methoxy groups -OCH3 is 2. The van der Waals surface area contributed by atoms with Gasteiger partial charge in [-0.15, -0.1) is 0 Å². The maximum atomic E-state index is 9.94. The number of hydrogen-bond donors (Lipinski definition) is 2. The molecule has 0 radical (unpaired) electrons. The number of aliphatic hydroxyl groups is 1. The van der Waals surface area contributed by atoms with Crippen LogP contribution in [-0.2, 0) is 0 Å². The number of rotatable bonds is 5. The van der Waals surface area contributed by atoms with Crippen molar-refractivity contribution in [1.82, 2.24) is 19.7 Å². The molecule has 2 heterocycles. The molecule has 0 spiro atoms. The molecule has 2 aromatic rings. The minimum atomic E-state index is -0.435. The van der Waals surface area contributed by atoms with E-state index in [4.69, 9.17) is 9.47 Å². The van der Waals surface area contributed by atoms with E-state index in [9.17, 15) is 5.11 Å². The maximum absolute atomic E-state index is 9.94. The number of aliphatic hydroxyl groups excluding tert-OH is 1. The molecule has 2 aromatic heterocycles. The summed E-state index contributed by atoms with van der Waals surface area (Å²) in [5, 5.41) is 17.3. The fourth-order valence-electron chi connectivity index (χ4n) is 2.42. The van der Waals surface area contributed by atoms with Crippen molar-refractivity contribution >= 4 is 5.95 Å². The lowest BCUT2D eigenvalue weighted by Crippen LogP contribution is -2.51. The molecule has 8 heteroatoms. The van der Waals surface area contributed by atoms with E-state index in [0.29, 0.717) is 24.1 Å². The van der Waals surface area contributed by atoms with Crippen LogP contribution < -0.4 is 14.8 Å². The molecule has 0 bridgehead atoms. The van der Waals surface area contributed by atoms with Crippen molar-refractivity contribution in [1.29, 1.82) is 0 Å². The van der Waals surface area contributed by atoms with Gasteiger partial charge in [0.1, 0.15) is 0 Å². The third-order valence-electron chi connectivity index (χ3n) is 3.54. The number of anilines is 1. The first kappa shape index (κ1) is 13.6. The lowest BCUT2D eigenvalue weighted by atomic mass is 9.83. The molecule has 1 aliphatic rings. The van der Waals surface area contributed by atoms with Gasteiger partial charge in [-0.3, -0.25) is 4.68 Å². The quantitative estimate of drug-likeness (QED) is 0.827. The van der Waals surface area contributed by atoms with Crippen LogP contribution in [0, 0.1) is 0 Å². The van der Waals surface area contributed by atoms with Gasteiger partial charge < -0.3 is 19.9 Å². The Morgan fingerprint density at radius 2 is 2.00 bits per heavy atom. The molecule has 3 rings (SSSR count). The molecule has 0 aromatic carbocycles. The van der Waals surface area contributed by atoms with E-state index in [2.05, 4.69) is 20.4 Å². The average Bonchev–Trinajstić information content (AvgIpc) is 2.99. The van der Waals surface area contributed by atoms with Crippen LogP contribution in [-0.4, -0.2) is 51.2 Å². The van der Waals surface area contributed by atoms with Crippen molar-refractivity contribution in [2.75, 3.05) is 19.5 Å². The van der Waals surface area contributed by atoms with Crippen LogP contribution in [0.25, 0.3) is 0 Å². The second-order valence-electron chi connectivity index (χ2n) is 4.81. The standard InChI is InChI=1S/C13H17N5O3/c1-20-10-7-11(21-2)17-13(16-10)15-8-6-9(19)12(8)18-5-3-4-14-18/h3-5,7-9,12,19H,6H2,1-2H3,(H,15,16,17)/t8-,9+,12+/m0/s1. The maximum Gasteiger partial charge on any atom is 0.229 e. The first-order valence-electron chi connectivity index (χ1n) is 6.62. The minimum Gasteiger partial charge on any atom is -0.481 e. The lowest BCUT2D eigenvalue weighted by molar-refractivity contribution is 0.0131. The van der Waals surface area contributed by atoms with Crippen LogP contribution >= 0.6 is 0 Å². The molecule has 112 valence electrons. The van der Waals surface area contributed by atoms with Gasteiger partial charge in [0.05, 0.1) is 38.5 Å². The van der Waals surface area contributed by atoms with Gasteiger partial charge in [-0.2, -0.15) is 15.1 Å². The van der Waals surface area contributed by atoms with Gasteiger partial charge in [-0.1, -0.05) is 0 Å². The largest absolute Gasteiger partial charge is 0.481 e. The van der Waals surface area contributed by atoms with Crippen molar-refractivity contribution in [3.05, 3.63) is 24.5 Å². The Labute approximate surface area is 121 Å². The molecule has 2 N–H and O–H groups in total. The zero-order valence-electron chi connectivity index (χ0n) is 11.8. The molecule has 3 atom stereocenters. The highest BCUT2D eigenvalue weighted by Gasteiger charge is 2.42. The van der Waals surface area contributed by atoms with Crippen LogP contribution in [0.4, 0.5) is 5.95 Å². The van der Waals surface area contributed by atoms with E-state index in [0.717, 1.165) is 0 Å². The van der Waals surface area contributed by atoms with E-state index in [1.165, 1.54) is 14.2 Å². The predicted octanol–water partition coefficient (Wildman–Crippen LogP) is 0.477. The van der Waals surface area contributed by atoms with E-state index in [1.807, 2.05) is 12.3 Å². The Hall–Kier alpha value is -2.35. The number of hydrogen-bond acceptors (Lipinski definition) is 7. The first-order chi connectivity index (χ1) is 10.2. The molecule has 1 saturated carbocycles. The molecular weight excluding hydrogens is 274 g/mol. The fraction of sp³-hybridized carbons (Fsp3) is 0.462. The third-order valence-corrected chi connectivity index (χ3v) is 3.54. The topological polar surface area (TPSA) is 94.3 Å². The van der Waals surface area contributed by atoms with Gasteiger partial charge in [-0.25, -0.2) is 0 Å². The zero-order chi connectivity index (χ0) is 14.8. The Balaban J connectivity index is 1.77. The summed E-state index contributed by atoms with van der Waals surface area (Å²) in [5.41, 5.74) is 0. The Bertz CT molecular complexity index is 582. The summed E-state index contributed by atoms with van der Waals surface area (Å²) in [6, 6.07) is 3.29. The van der Waals surface area contributed by atoms with E-state index < -0.39 is 6.10 Å². The van der Waals surface area contributed by atoms with Gasteiger partial charge in [0.25, 0.3) is 0 Å². The predicted molar refractivity (Wildman–Crippen MR) is 74.4 cm³/mol. The highest BCUT2D eigenvalue weighted by atomic mass is 16.5. The molecule has 1 aliphatic carbocycles. The number of nitrogens with one attached hydrogen (secondary N) is 1. The molecule has 0 aliphatic heterocycles. The van der Waals surface area contributed by atoms with Crippen molar-refractivity contribution in [3.8, 4) is 11.8 Å². The molecule has 0 unspecified atom stereocenters. The highest BCUT2D eigenvalue weighted by molar-refractivity contribution is 5.36.